The predicted octanol–water partition coefficient (Wildman–Crippen LogP) is 5.29. The summed E-state index contributed by atoms with van der Waals surface area (Å²) in [7, 11) is 0. The third-order valence-corrected chi connectivity index (χ3v) is 7.33. The summed E-state index contributed by atoms with van der Waals surface area (Å²) in [5.74, 6) is -0.504. The van der Waals surface area contributed by atoms with Gasteiger partial charge < -0.3 is 14.8 Å². The summed E-state index contributed by atoms with van der Waals surface area (Å²) < 4.78 is 11.1. The molecule has 2 aromatic rings. The standard InChI is InChI=1S/C25H34N2O4S/c1-18-15-21(32-20(18)16-27-13-9-10-14-27)31-22(28)25(5,24(2,3)4)26-23(29)30-17-19-11-7-6-8-12-19/h6-8,11-12,15H,9-10,13-14,16-17H2,1-5H3,(H,26,29). The molecule has 0 aliphatic carbocycles. The van der Waals surface area contributed by atoms with Crippen LogP contribution in [-0.4, -0.2) is 35.6 Å². The van der Waals surface area contributed by atoms with Gasteiger partial charge in [0.15, 0.2) is 5.06 Å². The van der Waals surface area contributed by atoms with Gasteiger partial charge in [-0.1, -0.05) is 51.1 Å². The minimum absolute atomic E-state index is 0.131. The molecule has 3 rings (SSSR count). The molecule has 1 aliphatic heterocycles. The van der Waals surface area contributed by atoms with Crippen LogP contribution in [0.2, 0.25) is 0 Å². The molecular weight excluding hydrogens is 424 g/mol. The van der Waals surface area contributed by atoms with Crippen LogP contribution < -0.4 is 10.1 Å². The Morgan fingerprint density at radius 3 is 2.38 bits per heavy atom. The Balaban J connectivity index is 1.66. The topological polar surface area (TPSA) is 67.9 Å². The van der Waals surface area contributed by atoms with Gasteiger partial charge in [-0.3, -0.25) is 4.90 Å². The molecule has 0 bridgehead atoms. The molecule has 1 N–H and O–H groups in total. The molecule has 1 unspecified atom stereocenters. The molecule has 1 saturated heterocycles. The predicted molar refractivity (Wildman–Crippen MR) is 127 cm³/mol. The van der Waals surface area contributed by atoms with Crippen molar-refractivity contribution in [2.45, 2.75) is 66.2 Å². The fraction of sp³-hybridized carbons (Fsp3) is 0.520. The molecular formula is C25H34N2O4S. The Kier molecular flexibility index (Phi) is 7.62. The number of hydrogen-bond donors (Lipinski definition) is 1. The molecule has 0 saturated carbocycles. The number of hydrogen-bond acceptors (Lipinski definition) is 6. The Bertz CT molecular complexity index is 929. The van der Waals surface area contributed by atoms with Crippen molar-refractivity contribution in [2.75, 3.05) is 13.1 Å². The highest BCUT2D eigenvalue weighted by molar-refractivity contribution is 7.14. The first-order valence-corrected chi connectivity index (χ1v) is 11.9. The van der Waals surface area contributed by atoms with Crippen molar-refractivity contribution in [3.05, 3.63) is 52.4 Å². The first kappa shape index (κ1) is 24.3. The zero-order chi connectivity index (χ0) is 23.4. The van der Waals surface area contributed by atoms with Crippen LogP contribution in [0.5, 0.6) is 5.06 Å². The number of thiophene rings is 1. The number of ether oxygens (including phenoxy) is 2. The molecule has 1 atom stereocenters. The van der Waals surface area contributed by atoms with Gasteiger partial charge in [-0.15, -0.1) is 11.3 Å². The Morgan fingerprint density at radius 1 is 1.09 bits per heavy atom. The monoisotopic (exact) mass is 458 g/mol. The zero-order valence-corrected chi connectivity index (χ0v) is 20.5. The van der Waals surface area contributed by atoms with E-state index < -0.39 is 23.0 Å². The van der Waals surface area contributed by atoms with Gasteiger partial charge in [0.1, 0.15) is 12.1 Å². The summed E-state index contributed by atoms with van der Waals surface area (Å²) in [6.07, 6.45) is 1.82. The molecule has 1 amide bonds. The second-order valence-corrected chi connectivity index (χ2v) is 10.7. The number of nitrogens with one attached hydrogen (secondary N) is 1. The fourth-order valence-electron chi connectivity index (χ4n) is 3.54. The third kappa shape index (κ3) is 5.90. The molecule has 1 aromatic carbocycles. The smallest absolute Gasteiger partial charge is 0.408 e. The van der Waals surface area contributed by atoms with Crippen molar-refractivity contribution >= 4 is 23.4 Å². The van der Waals surface area contributed by atoms with Crippen molar-refractivity contribution in [1.29, 1.82) is 0 Å². The fourth-order valence-corrected chi connectivity index (χ4v) is 4.60. The van der Waals surface area contributed by atoms with Gasteiger partial charge in [0.25, 0.3) is 0 Å². The Morgan fingerprint density at radius 2 is 1.75 bits per heavy atom. The third-order valence-electron chi connectivity index (χ3n) is 6.23. The maximum absolute atomic E-state index is 13.3. The van der Waals surface area contributed by atoms with Gasteiger partial charge in [-0.25, -0.2) is 9.59 Å². The average Bonchev–Trinajstić information content (AvgIpc) is 3.36. The summed E-state index contributed by atoms with van der Waals surface area (Å²) in [4.78, 5) is 29.4. The second-order valence-electron chi connectivity index (χ2n) is 9.61. The second kappa shape index (κ2) is 10.0. The van der Waals surface area contributed by atoms with E-state index in [0.29, 0.717) is 5.06 Å². The van der Waals surface area contributed by atoms with Crippen LogP contribution in [0.1, 0.15) is 56.5 Å². The number of alkyl carbamates (subject to hydrolysis) is 1. The SMILES string of the molecule is Cc1cc(OC(=O)C(C)(NC(=O)OCc2ccccc2)C(C)(C)C)sc1CN1CCCC1. The number of amides is 1. The summed E-state index contributed by atoms with van der Waals surface area (Å²) in [6, 6.07) is 11.3. The minimum atomic E-state index is -1.27. The van der Waals surface area contributed by atoms with Crippen LogP contribution >= 0.6 is 11.3 Å². The molecule has 32 heavy (non-hydrogen) atoms. The number of esters is 1. The van der Waals surface area contributed by atoms with E-state index >= 15 is 0 Å². The zero-order valence-electron chi connectivity index (χ0n) is 19.7. The van der Waals surface area contributed by atoms with Crippen molar-refractivity contribution in [2.24, 2.45) is 5.41 Å². The van der Waals surface area contributed by atoms with Crippen LogP contribution in [0, 0.1) is 12.3 Å². The molecule has 0 spiro atoms. The van der Waals surface area contributed by atoms with Gasteiger partial charge in [0.2, 0.25) is 0 Å². The largest absolute Gasteiger partial charge is 0.445 e. The lowest BCUT2D eigenvalue weighted by molar-refractivity contribution is -0.145. The van der Waals surface area contributed by atoms with Gasteiger partial charge >= 0.3 is 12.1 Å². The quantitative estimate of drug-likeness (QED) is 0.571. The van der Waals surface area contributed by atoms with E-state index in [2.05, 4.69) is 10.2 Å². The normalized spacial score (nSPS) is 16.4. The van der Waals surface area contributed by atoms with Crippen molar-refractivity contribution in [3.63, 3.8) is 0 Å². The number of benzene rings is 1. The molecule has 2 heterocycles. The number of carbonyl (C=O) groups is 2. The number of nitrogens with zero attached hydrogens (tertiary/aromatic N) is 1. The lowest BCUT2D eigenvalue weighted by Crippen LogP contribution is -2.61. The van der Waals surface area contributed by atoms with Crippen LogP contribution in [-0.2, 0) is 22.7 Å². The highest BCUT2D eigenvalue weighted by Crippen LogP contribution is 2.35. The van der Waals surface area contributed by atoms with Crippen molar-refractivity contribution in [1.82, 2.24) is 10.2 Å². The summed E-state index contributed by atoms with van der Waals surface area (Å²) >= 11 is 1.50. The van der Waals surface area contributed by atoms with Gasteiger partial charge in [-0.2, -0.15) is 0 Å². The molecule has 0 radical (unpaired) electrons. The Hall–Kier alpha value is -2.38. The summed E-state index contributed by atoms with van der Waals surface area (Å²) in [5.41, 5.74) is 0.133. The number of likely N-dealkylation sites (tertiary alicyclic amines) is 1. The first-order valence-electron chi connectivity index (χ1n) is 11.1. The number of rotatable bonds is 7. The van der Waals surface area contributed by atoms with Crippen LogP contribution in [0.25, 0.3) is 0 Å². The van der Waals surface area contributed by atoms with Gasteiger partial charge in [-0.05, 0) is 62.4 Å². The van der Waals surface area contributed by atoms with E-state index in [1.807, 2.05) is 64.1 Å². The maximum atomic E-state index is 13.3. The van der Waals surface area contributed by atoms with Crippen molar-refractivity contribution < 1.29 is 19.1 Å². The van der Waals surface area contributed by atoms with Crippen LogP contribution in [0.4, 0.5) is 4.79 Å². The van der Waals surface area contributed by atoms with Gasteiger partial charge in [0, 0.05) is 11.4 Å². The first-order chi connectivity index (χ1) is 15.1. The van der Waals surface area contributed by atoms with Gasteiger partial charge in [0.05, 0.1) is 0 Å². The lowest BCUT2D eigenvalue weighted by atomic mass is 9.75. The minimum Gasteiger partial charge on any atom is -0.445 e. The average molecular weight is 459 g/mol. The maximum Gasteiger partial charge on any atom is 0.408 e. The van der Waals surface area contributed by atoms with E-state index in [-0.39, 0.29) is 6.61 Å². The molecule has 1 aromatic heterocycles. The highest BCUT2D eigenvalue weighted by atomic mass is 32.1. The summed E-state index contributed by atoms with van der Waals surface area (Å²) in [5, 5.41) is 3.32. The van der Waals surface area contributed by atoms with E-state index in [1.54, 1.807) is 6.92 Å². The Labute approximate surface area is 194 Å². The number of carbonyl (C=O) groups excluding carboxylic acids is 2. The number of aryl methyl sites for hydroxylation is 1. The van der Waals surface area contributed by atoms with E-state index in [4.69, 9.17) is 9.47 Å². The lowest BCUT2D eigenvalue weighted by Gasteiger charge is -2.39. The highest BCUT2D eigenvalue weighted by Gasteiger charge is 2.48. The molecule has 1 aliphatic rings. The van der Waals surface area contributed by atoms with Crippen LogP contribution in [0.3, 0.4) is 0 Å². The molecule has 1 fully saturated rings. The van der Waals surface area contributed by atoms with E-state index in [0.717, 1.165) is 30.8 Å². The molecule has 6 nitrogen and oxygen atoms in total. The van der Waals surface area contributed by atoms with Crippen LogP contribution in [0.15, 0.2) is 36.4 Å². The molecule has 174 valence electrons. The van der Waals surface area contributed by atoms with E-state index in [1.165, 1.54) is 29.1 Å². The summed E-state index contributed by atoms with van der Waals surface area (Å²) in [6.45, 7) is 12.7. The van der Waals surface area contributed by atoms with E-state index in [9.17, 15) is 9.59 Å². The molecule has 7 heteroatoms. The van der Waals surface area contributed by atoms with Crippen molar-refractivity contribution in [3.8, 4) is 5.06 Å².